The average Bonchev–Trinajstić information content (AvgIpc) is 3.35. The normalized spacial score (nSPS) is 14.1. The van der Waals surface area contributed by atoms with Gasteiger partial charge in [0.1, 0.15) is 19.8 Å². The molecule has 418 valence electrons. The Bertz CT molecular complexity index is 1600. The van der Waals surface area contributed by atoms with Gasteiger partial charge < -0.3 is 18.9 Å². The Balaban J connectivity index is 4.03. The Morgan fingerprint density at radius 1 is 0.438 bits per heavy atom. The number of quaternary nitrogens is 1. The molecule has 0 aromatic carbocycles. The predicted octanol–water partition coefficient (Wildman–Crippen LogP) is 18.2. The zero-order chi connectivity index (χ0) is 53.5. The minimum Gasteiger partial charge on any atom is -0.462 e. The van der Waals surface area contributed by atoms with E-state index in [4.69, 9.17) is 18.5 Å². The van der Waals surface area contributed by atoms with Crippen LogP contribution < -0.4 is 0 Å². The lowest BCUT2D eigenvalue weighted by Gasteiger charge is -2.24. The number of carbonyl (C=O) groups excluding carboxylic acids is 2. The fourth-order valence-corrected chi connectivity index (χ4v) is 8.34. The van der Waals surface area contributed by atoms with Gasteiger partial charge in [-0.05, 0) is 83.5 Å². The van der Waals surface area contributed by atoms with Crippen molar-refractivity contribution in [1.82, 2.24) is 0 Å². The van der Waals surface area contributed by atoms with Gasteiger partial charge in [0.25, 0.3) is 0 Å². The van der Waals surface area contributed by atoms with Gasteiger partial charge in [-0.3, -0.25) is 18.6 Å². The Morgan fingerprint density at radius 2 is 0.781 bits per heavy atom. The molecule has 9 nitrogen and oxygen atoms in total. The number of rotatable bonds is 52. The van der Waals surface area contributed by atoms with Gasteiger partial charge in [-0.25, -0.2) is 4.57 Å². The summed E-state index contributed by atoms with van der Waals surface area (Å²) in [5, 5.41) is 0. The molecule has 0 spiro atoms. The van der Waals surface area contributed by atoms with E-state index in [9.17, 15) is 19.0 Å². The number of nitrogens with zero attached hydrogens (tertiary/aromatic N) is 1. The minimum absolute atomic E-state index is 0.0282. The first-order valence-corrected chi connectivity index (χ1v) is 30.6. The highest BCUT2D eigenvalue weighted by molar-refractivity contribution is 7.47. The van der Waals surface area contributed by atoms with Crippen molar-refractivity contribution in [2.75, 3.05) is 47.5 Å². The number of carbonyl (C=O) groups is 2. The minimum atomic E-state index is -4.38. The van der Waals surface area contributed by atoms with Crippen molar-refractivity contribution in [1.29, 1.82) is 0 Å². The molecule has 0 fully saturated rings. The number of phosphoric ester groups is 1. The van der Waals surface area contributed by atoms with Gasteiger partial charge in [0.05, 0.1) is 27.7 Å². The summed E-state index contributed by atoms with van der Waals surface area (Å²) in [6, 6.07) is 0. The highest BCUT2D eigenvalue weighted by Gasteiger charge is 2.27. The van der Waals surface area contributed by atoms with Crippen LogP contribution in [0.1, 0.15) is 226 Å². The van der Waals surface area contributed by atoms with E-state index in [2.05, 4.69) is 123 Å². The molecule has 0 bridgehead atoms. The van der Waals surface area contributed by atoms with Gasteiger partial charge in [-0.1, -0.05) is 239 Å². The van der Waals surface area contributed by atoms with Gasteiger partial charge in [0.2, 0.25) is 0 Å². The van der Waals surface area contributed by atoms with Crippen molar-refractivity contribution in [3.63, 3.8) is 0 Å². The summed E-state index contributed by atoms with van der Waals surface area (Å²) in [7, 11) is 1.47. The van der Waals surface area contributed by atoms with Crippen LogP contribution in [-0.2, 0) is 32.7 Å². The molecule has 0 aliphatic rings. The van der Waals surface area contributed by atoms with Gasteiger partial charge in [0, 0.05) is 12.8 Å². The molecule has 1 N–H and O–H groups in total. The maximum Gasteiger partial charge on any atom is 0.472 e. The van der Waals surface area contributed by atoms with Crippen molar-refractivity contribution < 1.29 is 42.1 Å². The lowest BCUT2D eigenvalue weighted by atomic mass is 10.0. The highest BCUT2D eigenvalue weighted by atomic mass is 31.2. The largest absolute Gasteiger partial charge is 0.472 e. The summed E-state index contributed by atoms with van der Waals surface area (Å²) < 4.78 is 34.4. The Hall–Kier alpha value is -3.33. The Kier molecular flexibility index (Phi) is 51.1. The van der Waals surface area contributed by atoms with E-state index in [1.807, 2.05) is 21.1 Å². The molecule has 2 unspecified atom stereocenters. The molecule has 0 aliphatic carbocycles. The van der Waals surface area contributed by atoms with E-state index in [0.717, 1.165) is 103 Å². The van der Waals surface area contributed by atoms with E-state index in [-0.39, 0.29) is 32.0 Å². The molecule has 73 heavy (non-hydrogen) atoms. The lowest BCUT2D eigenvalue weighted by molar-refractivity contribution is -0.870. The number of esters is 2. The second-order valence-corrected chi connectivity index (χ2v) is 21.8. The number of hydrogen-bond donors (Lipinski definition) is 1. The molecule has 0 aliphatic heterocycles. The van der Waals surface area contributed by atoms with Crippen LogP contribution in [0.5, 0.6) is 0 Å². The second-order valence-electron chi connectivity index (χ2n) is 20.3. The lowest BCUT2D eigenvalue weighted by Crippen LogP contribution is -2.37. The SMILES string of the molecule is CC/C=C\C/C=C\C/C=C\C/C=C\C/C=C\C/C=C\C/C=C\C/C=C\C/C=C\CCCCCCCCCCCCCC(=O)OC(COC(=O)CCCCCCCCCCCC)COP(=O)(O)OCC[N+](C)(C)C. The van der Waals surface area contributed by atoms with Crippen LogP contribution in [0.3, 0.4) is 0 Å². The van der Waals surface area contributed by atoms with Crippen LogP contribution in [0.2, 0.25) is 0 Å². The van der Waals surface area contributed by atoms with Gasteiger partial charge >= 0.3 is 19.8 Å². The van der Waals surface area contributed by atoms with Gasteiger partial charge in [-0.15, -0.1) is 0 Å². The number of ether oxygens (including phenoxy) is 2. The Morgan fingerprint density at radius 3 is 1.16 bits per heavy atom. The monoisotopic (exact) mass is 1040 g/mol. The molecule has 0 aromatic heterocycles. The number of phosphoric acid groups is 1. The van der Waals surface area contributed by atoms with Gasteiger partial charge in [0.15, 0.2) is 6.10 Å². The molecule has 0 aromatic rings. The molecule has 0 radical (unpaired) electrons. The molecule has 0 saturated carbocycles. The standard InChI is InChI=1S/C63H108NO8P/c1-6-8-10-12-14-16-18-19-20-21-22-23-24-25-26-27-28-29-30-31-32-33-34-35-36-37-38-39-40-41-42-43-44-45-46-48-50-52-54-56-63(66)72-61(60-71-73(67,68)70-58-57-64(3,4)5)59-69-62(65)55-53-51-49-47-17-15-13-11-9-7-2/h8,10,14,16,19-20,22-23,25-26,28-29,31-32,34-35,37-38,61H,6-7,9,11-13,15,17-18,21,24,27,30,33,36,39-60H2,1-5H3/p+1/b10-8-,16-14-,20-19-,23-22-,26-25-,29-28-,32-31-,35-34-,38-37-. The fraction of sp³-hybridized carbons (Fsp3) is 0.683. The number of unbranched alkanes of at least 4 members (excludes halogenated alkanes) is 20. The van der Waals surface area contributed by atoms with Gasteiger partial charge in [-0.2, -0.15) is 0 Å². The number of likely N-dealkylation sites (N-methyl/N-ethyl adjacent to an activating group) is 1. The Labute approximate surface area is 448 Å². The molecule has 0 amide bonds. The van der Waals surface area contributed by atoms with Crippen LogP contribution in [-0.4, -0.2) is 74.9 Å². The van der Waals surface area contributed by atoms with Crippen LogP contribution in [0.25, 0.3) is 0 Å². The highest BCUT2D eigenvalue weighted by Crippen LogP contribution is 2.43. The molecule has 2 atom stereocenters. The van der Waals surface area contributed by atoms with Crippen LogP contribution in [0.4, 0.5) is 0 Å². The third-order valence-electron chi connectivity index (χ3n) is 12.1. The maximum absolute atomic E-state index is 12.8. The summed E-state index contributed by atoms with van der Waals surface area (Å²) in [4.78, 5) is 35.5. The quantitative estimate of drug-likeness (QED) is 0.0211. The first-order chi connectivity index (χ1) is 35.5. The van der Waals surface area contributed by atoms with Crippen molar-refractivity contribution in [3.8, 4) is 0 Å². The topological polar surface area (TPSA) is 108 Å². The molecular weight excluding hydrogens is 930 g/mol. The van der Waals surface area contributed by atoms with Crippen molar-refractivity contribution in [2.24, 2.45) is 0 Å². The van der Waals surface area contributed by atoms with Crippen molar-refractivity contribution in [3.05, 3.63) is 109 Å². The third kappa shape index (κ3) is 57.8. The van der Waals surface area contributed by atoms with E-state index in [1.54, 1.807) is 0 Å². The zero-order valence-electron chi connectivity index (χ0n) is 47.3. The van der Waals surface area contributed by atoms with E-state index in [1.165, 1.54) is 89.9 Å². The summed E-state index contributed by atoms with van der Waals surface area (Å²) in [6.45, 7) is 4.29. The second kappa shape index (κ2) is 53.5. The van der Waals surface area contributed by atoms with Crippen LogP contribution in [0.15, 0.2) is 109 Å². The molecular formula is C63H109NO8P+. The summed E-state index contributed by atoms with van der Waals surface area (Å²) in [5.41, 5.74) is 0. The first-order valence-electron chi connectivity index (χ1n) is 29.1. The predicted molar refractivity (Wildman–Crippen MR) is 311 cm³/mol. The zero-order valence-corrected chi connectivity index (χ0v) is 48.2. The van der Waals surface area contributed by atoms with Crippen LogP contribution >= 0.6 is 7.82 Å². The molecule has 10 heteroatoms. The molecule has 0 heterocycles. The molecule has 0 rings (SSSR count). The van der Waals surface area contributed by atoms with Crippen molar-refractivity contribution in [2.45, 2.75) is 232 Å². The maximum atomic E-state index is 12.8. The summed E-state index contributed by atoms with van der Waals surface area (Å²) in [6.07, 6.45) is 74.6. The fourth-order valence-electron chi connectivity index (χ4n) is 7.60. The van der Waals surface area contributed by atoms with E-state index in [0.29, 0.717) is 17.4 Å². The van der Waals surface area contributed by atoms with Crippen LogP contribution in [0, 0.1) is 0 Å². The van der Waals surface area contributed by atoms with Crippen molar-refractivity contribution >= 4 is 19.8 Å². The number of hydrogen-bond acceptors (Lipinski definition) is 7. The summed E-state index contributed by atoms with van der Waals surface area (Å²) >= 11 is 0. The molecule has 0 saturated heterocycles. The van der Waals surface area contributed by atoms with E-state index >= 15 is 0 Å². The smallest absolute Gasteiger partial charge is 0.462 e. The summed E-state index contributed by atoms with van der Waals surface area (Å²) in [5.74, 6) is -0.805. The average molecular weight is 1040 g/mol. The number of allylic oxidation sites excluding steroid dienone is 18. The van der Waals surface area contributed by atoms with E-state index < -0.39 is 26.5 Å². The first kappa shape index (κ1) is 69.7. The third-order valence-corrected chi connectivity index (χ3v) is 13.1.